The normalized spacial score (nSPS) is 16.1. The third-order valence-corrected chi connectivity index (χ3v) is 4.96. The number of urea groups is 1. The minimum Gasteiger partial charge on any atom is -0.486 e. The molecule has 7 heteroatoms. The fourth-order valence-electron chi connectivity index (χ4n) is 3.30. The maximum Gasteiger partial charge on any atom is 0.335 e. The molecule has 146 valence electrons. The quantitative estimate of drug-likeness (QED) is 0.713. The zero-order valence-corrected chi connectivity index (χ0v) is 15.3. The molecule has 1 atom stereocenters. The number of ether oxygens (including phenoxy) is 2. The number of carboxylic acid groups (broad SMARTS) is 1. The third-order valence-electron chi connectivity index (χ3n) is 4.96. The van der Waals surface area contributed by atoms with E-state index in [0.717, 1.165) is 35.5 Å². The summed E-state index contributed by atoms with van der Waals surface area (Å²) >= 11 is 0. The Bertz CT molecular complexity index is 877. The summed E-state index contributed by atoms with van der Waals surface area (Å²) in [5.74, 6) is 0.904. The average Bonchev–Trinajstić information content (AvgIpc) is 3.55. The van der Waals surface area contributed by atoms with E-state index in [-0.39, 0.29) is 17.6 Å². The van der Waals surface area contributed by atoms with E-state index in [1.165, 1.54) is 12.1 Å². The number of rotatable bonds is 6. The summed E-state index contributed by atoms with van der Waals surface area (Å²) in [7, 11) is 0. The lowest BCUT2D eigenvalue weighted by Crippen LogP contribution is -2.38. The van der Waals surface area contributed by atoms with Crippen LogP contribution < -0.4 is 20.1 Å². The Morgan fingerprint density at radius 1 is 1.04 bits per heavy atom. The Kier molecular flexibility index (Phi) is 5.06. The molecular formula is C21H22N2O5. The predicted molar refractivity (Wildman–Crippen MR) is 102 cm³/mol. The van der Waals surface area contributed by atoms with Crippen LogP contribution in [0.1, 0.15) is 40.4 Å². The van der Waals surface area contributed by atoms with Crippen molar-refractivity contribution in [2.75, 3.05) is 13.2 Å². The van der Waals surface area contributed by atoms with Gasteiger partial charge in [-0.25, -0.2) is 9.59 Å². The smallest absolute Gasteiger partial charge is 0.335 e. The Balaban J connectivity index is 1.38. The van der Waals surface area contributed by atoms with Crippen LogP contribution in [-0.2, 0) is 6.54 Å². The van der Waals surface area contributed by atoms with Crippen molar-refractivity contribution in [3.05, 3.63) is 59.2 Å². The fraction of sp³-hybridized carbons (Fsp3) is 0.333. The van der Waals surface area contributed by atoms with Crippen LogP contribution in [0.5, 0.6) is 11.5 Å². The number of benzene rings is 2. The van der Waals surface area contributed by atoms with Crippen molar-refractivity contribution >= 4 is 12.0 Å². The third kappa shape index (κ3) is 4.19. The predicted octanol–water partition coefficient (Wildman–Crippen LogP) is 3.11. The Morgan fingerprint density at radius 3 is 2.43 bits per heavy atom. The standard InChI is InChI=1S/C21H22N2O5/c24-20(25)15-3-1-13(2-4-15)12-22-21(26)23-19(14-5-6-14)16-7-8-17-18(11-16)28-10-9-27-17/h1-4,7-8,11,14,19H,5-6,9-10,12H2,(H,24,25)(H2,22,23,26). The Morgan fingerprint density at radius 2 is 1.75 bits per heavy atom. The van der Waals surface area contributed by atoms with E-state index in [2.05, 4.69) is 10.6 Å². The van der Waals surface area contributed by atoms with Gasteiger partial charge < -0.3 is 25.2 Å². The highest BCUT2D eigenvalue weighted by Gasteiger charge is 2.34. The number of fused-ring (bicyclic) bond motifs is 1. The van der Waals surface area contributed by atoms with Gasteiger partial charge in [0.05, 0.1) is 11.6 Å². The number of hydrogen-bond donors (Lipinski definition) is 3. The largest absolute Gasteiger partial charge is 0.486 e. The molecule has 2 amide bonds. The molecule has 0 radical (unpaired) electrons. The van der Waals surface area contributed by atoms with Crippen molar-refractivity contribution in [2.45, 2.75) is 25.4 Å². The molecule has 1 aliphatic carbocycles. The summed E-state index contributed by atoms with van der Waals surface area (Å²) in [5, 5.41) is 14.8. The lowest BCUT2D eigenvalue weighted by molar-refractivity contribution is 0.0697. The van der Waals surface area contributed by atoms with Gasteiger partial charge in [0.15, 0.2) is 11.5 Å². The molecule has 1 unspecified atom stereocenters. The molecule has 2 aliphatic rings. The van der Waals surface area contributed by atoms with Crippen LogP contribution in [0.2, 0.25) is 0 Å². The molecular weight excluding hydrogens is 360 g/mol. The second-order valence-electron chi connectivity index (χ2n) is 7.05. The van der Waals surface area contributed by atoms with E-state index in [0.29, 0.717) is 25.7 Å². The van der Waals surface area contributed by atoms with Crippen molar-refractivity contribution in [2.24, 2.45) is 5.92 Å². The first-order chi connectivity index (χ1) is 13.6. The van der Waals surface area contributed by atoms with Crippen molar-refractivity contribution in [3.8, 4) is 11.5 Å². The van der Waals surface area contributed by atoms with Gasteiger partial charge in [-0.05, 0) is 54.2 Å². The van der Waals surface area contributed by atoms with Gasteiger partial charge in [0.1, 0.15) is 13.2 Å². The molecule has 1 fully saturated rings. The highest BCUT2D eigenvalue weighted by Crippen LogP contribution is 2.43. The number of hydrogen-bond acceptors (Lipinski definition) is 4. The minimum atomic E-state index is -0.969. The minimum absolute atomic E-state index is 0.0785. The van der Waals surface area contributed by atoms with Crippen LogP contribution in [0.3, 0.4) is 0 Å². The van der Waals surface area contributed by atoms with Crippen molar-refractivity contribution in [1.29, 1.82) is 0 Å². The number of aromatic carboxylic acids is 1. The van der Waals surface area contributed by atoms with E-state index >= 15 is 0 Å². The Labute approximate surface area is 162 Å². The van der Waals surface area contributed by atoms with Gasteiger partial charge in [-0.2, -0.15) is 0 Å². The highest BCUT2D eigenvalue weighted by atomic mass is 16.6. The summed E-state index contributed by atoms with van der Waals surface area (Å²) in [5.41, 5.74) is 2.07. The summed E-state index contributed by atoms with van der Waals surface area (Å²) in [4.78, 5) is 23.3. The lowest BCUT2D eigenvalue weighted by Gasteiger charge is -2.23. The molecule has 0 aromatic heterocycles. The molecule has 28 heavy (non-hydrogen) atoms. The summed E-state index contributed by atoms with van der Waals surface area (Å²) in [6.07, 6.45) is 2.16. The van der Waals surface area contributed by atoms with E-state index in [4.69, 9.17) is 14.6 Å². The molecule has 1 heterocycles. The molecule has 1 aliphatic heterocycles. The first-order valence-corrected chi connectivity index (χ1v) is 9.36. The highest BCUT2D eigenvalue weighted by molar-refractivity contribution is 5.87. The van der Waals surface area contributed by atoms with Crippen LogP contribution in [0.25, 0.3) is 0 Å². The Hall–Kier alpha value is -3.22. The van der Waals surface area contributed by atoms with E-state index < -0.39 is 5.97 Å². The monoisotopic (exact) mass is 382 g/mol. The zero-order valence-electron chi connectivity index (χ0n) is 15.3. The average molecular weight is 382 g/mol. The van der Waals surface area contributed by atoms with Gasteiger partial charge in [-0.3, -0.25) is 0 Å². The second-order valence-corrected chi connectivity index (χ2v) is 7.05. The van der Waals surface area contributed by atoms with Crippen LogP contribution in [0, 0.1) is 5.92 Å². The van der Waals surface area contributed by atoms with E-state index in [1.54, 1.807) is 12.1 Å². The van der Waals surface area contributed by atoms with Gasteiger partial charge in [0.25, 0.3) is 0 Å². The number of carboxylic acids is 1. The molecule has 3 N–H and O–H groups in total. The number of nitrogens with one attached hydrogen (secondary N) is 2. The van der Waals surface area contributed by atoms with Crippen LogP contribution >= 0.6 is 0 Å². The van der Waals surface area contributed by atoms with E-state index in [1.807, 2.05) is 18.2 Å². The van der Waals surface area contributed by atoms with Gasteiger partial charge in [0.2, 0.25) is 0 Å². The molecule has 4 rings (SSSR count). The van der Waals surface area contributed by atoms with Gasteiger partial charge >= 0.3 is 12.0 Å². The molecule has 7 nitrogen and oxygen atoms in total. The molecule has 2 aromatic carbocycles. The molecule has 2 aromatic rings. The zero-order chi connectivity index (χ0) is 19.5. The number of carbonyl (C=O) groups is 2. The molecule has 0 saturated heterocycles. The first kappa shape index (κ1) is 18.2. The van der Waals surface area contributed by atoms with Crippen molar-refractivity contribution in [1.82, 2.24) is 10.6 Å². The topological polar surface area (TPSA) is 96.9 Å². The van der Waals surface area contributed by atoms with Gasteiger partial charge in [-0.15, -0.1) is 0 Å². The van der Waals surface area contributed by atoms with Crippen LogP contribution in [0.15, 0.2) is 42.5 Å². The first-order valence-electron chi connectivity index (χ1n) is 9.36. The van der Waals surface area contributed by atoms with E-state index in [9.17, 15) is 9.59 Å². The number of carbonyl (C=O) groups excluding carboxylic acids is 1. The summed E-state index contributed by atoms with van der Waals surface area (Å²) < 4.78 is 11.2. The van der Waals surface area contributed by atoms with Gasteiger partial charge in [0, 0.05) is 6.54 Å². The van der Waals surface area contributed by atoms with Crippen LogP contribution in [-0.4, -0.2) is 30.3 Å². The second kappa shape index (κ2) is 7.80. The number of amides is 2. The summed E-state index contributed by atoms with van der Waals surface area (Å²) in [6, 6.07) is 11.9. The van der Waals surface area contributed by atoms with Gasteiger partial charge in [-0.1, -0.05) is 18.2 Å². The molecule has 0 bridgehead atoms. The fourth-order valence-corrected chi connectivity index (χ4v) is 3.30. The van der Waals surface area contributed by atoms with Crippen molar-refractivity contribution < 1.29 is 24.2 Å². The SMILES string of the molecule is O=C(NCc1ccc(C(=O)O)cc1)NC(c1ccc2c(c1)OCCO2)C1CC1. The maximum atomic E-state index is 12.4. The summed E-state index contributed by atoms with van der Waals surface area (Å²) in [6.45, 7) is 1.40. The molecule has 1 saturated carbocycles. The lowest BCUT2D eigenvalue weighted by atomic mass is 10.0. The van der Waals surface area contributed by atoms with Crippen LogP contribution in [0.4, 0.5) is 4.79 Å². The maximum absolute atomic E-state index is 12.4. The van der Waals surface area contributed by atoms with Crippen molar-refractivity contribution in [3.63, 3.8) is 0 Å². The molecule has 0 spiro atoms.